The van der Waals surface area contributed by atoms with E-state index in [4.69, 9.17) is 4.42 Å². The molecule has 3 amide bonds. The summed E-state index contributed by atoms with van der Waals surface area (Å²) in [4.78, 5) is 39.6. The molecular formula is C31H29N3O4S. The van der Waals surface area contributed by atoms with Crippen molar-refractivity contribution in [1.29, 1.82) is 0 Å². The van der Waals surface area contributed by atoms with Crippen LogP contribution in [0.25, 0.3) is 6.08 Å². The average Bonchev–Trinajstić information content (AvgIpc) is 3.44. The second-order valence-corrected chi connectivity index (χ2v) is 10.3. The van der Waals surface area contributed by atoms with Crippen molar-refractivity contribution in [1.82, 2.24) is 5.32 Å². The lowest BCUT2D eigenvalue weighted by Gasteiger charge is -2.16. The number of aryl methyl sites for hydroxylation is 2. The van der Waals surface area contributed by atoms with Gasteiger partial charge in [-0.3, -0.25) is 14.4 Å². The van der Waals surface area contributed by atoms with Gasteiger partial charge in [-0.1, -0.05) is 42.5 Å². The van der Waals surface area contributed by atoms with E-state index >= 15 is 0 Å². The van der Waals surface area contributed by atoms with E-state index in [1.807, 2.05) is 51.1 Å². The largest absolute Gasteiger partial charge is 0.465 e. The van der Waals surface area contributed by atoms with Crippen LogP contribution in [0.5, 0.6) is 0 Å². The van der Waals surface area contributed by atoms with Crippen LogP contribution >= 0.6 is 11.8 Å². The van der Waals surface area contributed by atoms with E-state index in [9.17, 15) is 14.4 Å². The molecule has 4 aromatic rings. The lowest BCUT2D eigenvalue weighted by atomic mass is 10.1. The zero-order chi connectivity index (χ0) is 27.8. The molecule has 1 atom stereocenters. The molecule has 39 heavy (non-hydrogen) atoms. The summed E-state index contributed by atoms with van der Waals surface area (Å²) in [6, 6.07) is 25.1. The first-order valence-corrected chi connectivity index (χ1v) is 13.2. The number of carbonyl (C=O) groups is 3. The predicted molar refractivity (Wildman–Crippen MR) is 156 cm³/mol. The van der Waals surface area contributed by atoms with Crippen molar-refractivity contribution >= 4 is 46.9 Å². The molecule has 3 aromatic carbocycles. The third-order valence-electron chi connectivity index (χ3n) is 5.86. The number of hydrogen-bond acceptors (Lipinski definition) is 5. The summed E-state index contributed by atoms with van der Waals surface area (Å²) in [5.41, 5.74) is 3.79. The molecule has 0 radical (unpaired) electrons. The van der Waals surface area contributed by atoms with Gasteiger partial charge in [0.05, 0.1) is 11.5 Å². The number of carbonyl (C=O) groups excluding carboxylic acids is 3. The van der Waals surface area contributed by atoms with Gasteiger partial charge < -0.3 is 20.4 Å². The van der Waals surface area contributed by atoms with Crippen molar-refractivity contribution in [3.05, 3.63) is 119 Å². The highest BCUT2D eigenvalue weighted by atomic mass is 32.2. The minimum absolute atomic E-state index is 0.0261. The molecule has 0 spiro atoms. The van der Waals surface area contributed by atoms with Crippen molar-refractivity contribution in [3.63, 3.8) is 0 Å². The Morgan fingerprint density at radius 1 is 0.846 bits per heavy atom. The number of amides is 3. The van der Waals surface area contributed by atoms with Gasteiger partial charge in [-0.15, -0.1) is 11.8 Å². The van der Waals surface area contributed by atoms with Crippen molar-refractivity contribution in [2.24, 2.45) is 0 Å². The van der Waals surface area contributed by atoms with Crippen LogP contribution in [0.2, 0.25) is 0 Å². The van der Waals surface area contributed by atoms with Gasteiger partial charge in [0.2, 0.25) is 5.91 Å². The fraction of sp³-hybridized carbons (Fsp3) is 0.129. The molecule has 0 aliphatic rings. The highest BCUT2D eigenvalue weighted by molar-refractivity contribution is 8.00. The molecule has 0 aliphatic heterocycles. The fourth-order valence-corrected chi connectivity index (χ4v) is 4.72. The van der Waals surface area contributed by atoms with E-state index in [0.717, 1.165) is 21.7 Å². The van der Waals surface area contributed by atoms with E-state index < -0.39 is 11.8 Å². The maximum absolute atomic E-state index is 13.2. The number of benzene rings is 3. The Labute approximate surface area is 231 Å². The Kier molecular flexibility index (Phi) is 9.01. The lowest BCUT2D eigenvalue weighted by Crippen LogP contribution is -2.30. The second-order valence-electron chi connectivity index (χ2n) is 8.89. The van der Waals surface area contributed by atoms with Crippen LogP contribution in [-0.4, -0.2) is 23.0 Å². The highest BCUT2D eigenvalue weighted by Crippen LogP contribution is 2.28. The number of rotatable bonds is 9. The Morgan fingerprint density at radius 2 is 1.56 bits per heavy atom. The summed E-state index contributed by atoms with van der Waals surface area (Å²) in [6.07, 6.45) is 2.95. The third kappa shape index (κ3) is 7.49. The van der Waals surface area contributed by atoms with Crippen LogP contribution in [0.15, 0.2) is 106 Å². The van der Waals surface area contributed by atoms with Crippen LogP contribution in [-0.2, 0) is 9.59 Å². The molecular weight excluding hydrogens is 510 g/mol. The van der Waals surface area contributed by atoms with Crippen molar-refractivity contribution in [2.75, 3.05) is 10.6 Å². The summed E-state index contributed by atoms with van der Waals surface area (Å²) in [5, 5.41) is 8.16. The van der Waals surface area contributed by atoms with Crippen LogP contribution in [0, 0.1) is 13.8 Å². The smallest absolute Gasteiger partial charge is 0.272 e. The second kappa shape index (κ2) is 12.8. The zero-order valence-electron chi connectivity index (χ0n) is 21.9. The molecule has 0 aliphatic carbocycles. The first-order chi connectivity index (χ1) is 18.8. The molecule has 1 heterocycles. The normalized spacial score (nSPS) is 11.9. The molecule has 0 saturated carbocycles. The monoisotopic (exact) mass is 539 g/mol. The van der Waals surface area contributed by atoms with Gasteiger partial charge in [0.1, 0.15) is 11.5 Å². The van der Waals surface area contributed by atoms with Crippen molar-refractivity contribution in [2.45, 2.75) is 30.9 Å². The Morgan fingerprint density at radius 3 is 2.26 bits per heavy atom. The molecule has 0 fully saturated rings. The van der Waals surface area contributed by atoms with Gasteiger partial charge in [-0.05, 0) is 74.4 Å². The summed E-state index contributed by atoms with van der Waals surface area (Å²) < 4.78 is 5.35. The van der Waals surface area contributed by atoms with Crippen molar-refractivity contribution < 1.29 is 18.8 Å². The van der Waals surface area contributed by atoms with E-state index in [0.29, 0.717) is 17.0 Å². The molecule has 198 valence electrons. The van der Waals surface area contributed by atoms with Crippen LogP contribution in [0.1, 0.15) is 34.2 Å². The molecule has 8 heteroatoms. The quantitative estimate of drug-likeness (QED) is 0.168. The third-order valence-corrected chi connectivity index (χ3v) is 6.96. The van der Waals surface area contributed by atoms with Gasteiger partial charge in [-0.2, -0.15) is 0 Å². The van der Waals surface area contributed by atoms with E-state index in [1.165, 1.54) is 24.1 Å². The molecule has 1 unspecified atom stereocenters. The fourth-order valence-electron chi connectivity index (χ4n) is 3.80. The van der Waals surface area contributed by atoms with Gasteiger partial charge >= 0.3 is 0 Å². The number of furan rings is 1. The van der Waals surface area contributed by atoms with E-state index in [2.05, 4.69) is 16.0 Å². The number of para-hydroxylation sites is 1. The summed E-state index contributed by atoms with van der Waals surface area (Å²) >= 11 is 1.38. The first kappa shape index (κ1) is 27.5. The molecule has 0 saturated heterocycles. The van der Waals surface area contributed by atoms with Gasteiger partial charge in [0, 0.05) is 27.9 Å². The minimum Gasteiger partial charge on any atom is -0.465 e. The Balaban J connectivity index is 1.45. The molecule has 3 N–H and O–H groups in total. The standard InChI is InChI=1S/C31H29N3O4S/c1-20-10-7-11-21(2)28(20)34-29(35)22(3)39-26-16-8-14-24(18-26)32-31(37)27(19-25-15-9-17-38-25)33-30(36)23-12-5-4-6-13-23/h4-19,22H,1-3H3,(H,32,37)(H,33,36)(H,34,35)/b27-19-. The SMILES string of the molecule is Cc1cccc(C)c1NC(=O)C(C)Sc1cccc(NC(=O)/C(=C/c2ccco2)NC(=O)c2ccccc2)c1. The molecule has 4 rings (SSSR count). The predicted octanol–water partition coefficient (Wildman–Crippen LogP) is 6.43. The molecule has 7 nitrogen and oxygen atoms in total. The van der Waals surface area contributed by atoms with Crippen LogP contribution in [0.4, 0.5) is 11.4 Å². The summed E-state index contributed by atoms with van der Waals surface area (Å²) in [5.74, 6) is -0.629. The van der Waals surface area contributed by atoms with Crippen LogP contribution in [0.3, 0.4) is 0 Å². The molecule has 0 bridgehead atoms. The number of nitrogens with one attached hydrogen (secondary N) is 3. The van der Waals surface area contributed by atoms with Crippen molar-refractivity contribution in [3.8, 4) is 0 Å². The number of thioether (sulfide) groups is 1. The summed E-state index contributed by atoms with van der Waals surface area (Å²) in [7, 11) is 0. The maximum Gasteiger partial charge on any atom is 0.272 e. The number of anilines is 2. The van der Waals surface area contributed by atoms with Gasteiger partial charge in [0.25, 0.3) is 11.8 Å². The van der Waals surface area contributed by atoms with Gasteiger partial charge in [0.15, 0.2) is 0 Å². The van der Waals surface area contributed by atoms with Crippen LogP contribution < -0.4 is 16.0 Å². The zero-order valence-corrected chi connectivity index (χ0v) is 22.7. The lowest BCUT2D eigenvalue weighted by molar-refractivity contribution is -0.115. The highest BCUT2D eigenvalue weighted by Gasteiger charge is 2.18. The Hall–Kier alpha value is -4.56. The number of hydrogen-bond donors (Lipinski definition) is 3. The Bertz CT molecular complexity index is 1480. The minimum atomic E-state index is -0.515. The first-order valence-electron chi connectivity index (χ1n) is 12.4. The average molecular weight is 540 g/mol. The molecule has 1 aromatic heterocycles. The van der Waals surface area contributed by atoms with E-state index in [-0.39, 0.29) is 16.9 Å². The van der Waals surface area contributed by atoms with E-state index in [1.54, 1.807) is 54.6 Å². The topological polar surface area (TPSA) is 100 Å². The van der Waals surface area contributed by atoms with Gasteiger partial charge in [-0.25, -0.2) is 0 Å². The maximum atomic E-state index is 13.2. The summed E-state index contributed by atoms with van der Waals surface area (Å²) in [6.45, 7) is 5.76.